The lowest BCUT2D eigenvalue weighted by Crippen LogP contribution is -2.33. The Kier molecular flexibility index (Phi) is 3.17. The molecule has 1 aromatic heterocycles. The molecule has 1 amide bonds. The third-order valence-electron chi connectivity index (χ3n) is 2.59. The Bertz CT molecular complexity index is 462. The van der Waals surface area contributed by atoms with Crippen LogP contribution < -0.4 is 5.73 Å². The van der Waals surface area contributed by atoms with E-state index in [1.165, 1.54) is 0 Å². The molecule has 2 rings (SSSR count). The highest BCUT2D eigenvalue weighted by molar-refractivity contribution is 5.92. The lowest BCUT2D eigenvalue weighted by atomic mass is 10.1. The van der Waals surface area contributed by atoms with Crippen molar-refractivity contribution < 1.29 is 30.0 Å². The number of aliphatic hydroxyl groups excluding tert-OH is 3. The van der Waals surface area contributed by atoms with E-state index in [2.05, 4.69) is 10.2 Å². The maximum atomic E-state index is 10.9. The summed E-state index contributed by atoms with van der Waals surface area (Å²) in [5.41, 5.74) is 4.46. The van der Waals surface area contributed by atoms with Gasteiger partial charge in [0.05, 0.1) is 6.61 Å². The second kappa shape index (κ2) is 4.49. The number of nitrogens with zero attached hydrogens (tertiary/aromatic N) is 3. The number of aromatic nitrogens is 3. The summed E-state index contributed by atoms with van der Waals surface area (Å²) in [6, 6.07) is 0. The number of rotatable bonds is 3. The van der Waals surface area contributed by atoms with E-state index in [0.717, 1.165) is 4.80 Å². The maximum absolute atomic E-state index is 10.9. The van der Waals surface area contributed by atoms with E-state index in [9.17, 15) is 20.1 Å². The SMILES string of the molecule is NC(=O)c1nn([C@@H]2O[C@H](CO)[C@@H](O)[C@H]2O)nc1O. The minimum absolute atomic E-state index is 0.479. The van der Waals surface area contributed by atoms with Crippen LogP contribution in [0.1, 0.15) is 16.7 Å². The van der Waals surface area contributed by atoms with Gasteiger partial charge < -0.3 is 30.9 Å². The summed E-state index contributed by atoms with van der Waals surface area (Å²) < 4.78 is 5.09. The van der Waals surface area contributed by atoms with Gasteiger partial charge in [-0.05, 0) is 0 Å². The average molecular weight is 260 g/mol. The standard InChI is InChI=1S/C8H12N4O6/c9-6(16)3-7(17)11-12(10-3)8-5(15)4(14)2(1-13)18-8/h2,4-5,8,13-15H,1H2,(H2,9,16)(H,11,17)/t2-,4-,5-,8-/m1/s1. The first-order valence-corrected chi connectivity index (χ1v) is 5.03. The van der Waals surface area contributed by atoms with Crippen molar-refractivity contribution >= 4 is 5.91 Å². The fraction of sp³-hybridized carbons (Fsp3) is 0.625. The molecule has 1 fully saturated rings. The first-order chi connectivity index (χ1) is 8.45. The summed E-state index contributed by atoms with van der Waals surface area (Å²) in [5.74, 6) is -1.70. The molecule has 0 spiro atoms. The molecule has 100 valence electrons. The number of amides is 1. The van der Waals surface area contributed by atoms with Crippen molar-refractivity contribution in [3.63, 3.8) is 0 Å². The Labute approximate surface area is 100 Å². The lowest BCUT2D eigenvalue weighted by molar-refractivity contribution is -0.0658. The van der Waals surface area contributed by atoms with Crippen LogP contribution >= 0.6 is 0 Å². The van der Waals surface area contributed by atoms with Crippen molar-refractivity contribution in [2.45, 2.75) is 24.5 Å². The predicted octanol–water partition coefficient (Wildman–Crippen LogP) is -3.31. The zero-order chi connectivity index (χ0) is 13.4. The number of nitrogens with two attached hydrogens (primary N) is 1. The Hall–Kier alpha value is -1.75. The molecule has 0 unspecified atom stereocenters. The molecule has 0 aliphatic carbocycles. The topological polar surface area (TPSA) is 164 Å². The Morgan fingerprint density at radius 3 is 2.50 bits per heavy atom. The summed E-state index contributed by atoms with van der Waals surface area (Å²) in [4.78, 5) is 11.6. The Morgan fingerprint density at radius 1 is 1.39 bits per heavy atom. The quantitative estimate of drug-likeness (QED) is 0.377. The minimum atomic E-state index is -1.41. The van der Waals surface area contributed by atoms with Gasteiger partial charge in [-0.2, -0.15) is 0 Å². The Morgan fingerprint density at radius 2 is 2.06 bits per heavy atom. The second-order valence-corrected chi connectivity index (χ2v) is 3.79. The first-order valence-electron chi connectivity index (χ1n) is 5.03. The number of aliphatic hydroxyl groups is 3. The van der Waals surface area contributed by atoms with Gasteiger partial charge in [-0.15, -0.1) is 15.0 Å². The Balaban J connectivity index is 2.27. The molecule has 18 heavy (non-hydrogen) atoms. The van der Waals surface area contributed by atoms with Crippen LogP contribution in [0.4, 0.5) is 0 Å². The third-order valence-corrected chi connectivity index (χ3v) is 2.59. The largest absolute Gasteiger partial charge is 0.490 e. The van der Waals surface area contributed by atoms with Gasteiger partial charge >= 0.3 is 0 Å². The van der Waals surface area contributed by atoms with E-state index in [1.54, 1.807) is 0 Å². The number of ether oxygens (including phenoxy) is 1. The zero-order valence-corrected chi connectivity index (χ0v) is 9.04. The summed E-state index contributed by atoms with van der Waals surface area (Å²) in [6.07, 6.45) is -4.97. The molecule has 6 N–H and O–H groups in total. The van der Waals surface area contributed by atoms with E-state index in [4.69, 9.17) is 15.6 Å². The molecule has 2 heterocycles. The summed E-state index contributed by atoms with van der Waals surface area (Å²) in [5, 5.41) is 44.4. The van der Waals surface area contributed by atoms with Crippen LogP contribution in [0.3, 0.4) is 0 Å². The second-order valence-electron chi connectivity index (χ2n) is 3.79. The normalized spacial score (nSPS) is 31.7. The van der Waals surface area contributed by atoms with Crippen LogP contribution in [0.2, 0.25) is 0 Å². The smallest absolute Gasteiger partial charge is 0.274 e. The van der Waals surface area contributed by atoms with Crippen molar-refractivity contribution in [2.24, 2.45) is 5.73 Å². The molecule has 10 nitrogen and oxygen atoms in total. The fourth-order valence-corrected chi connectivity index (χ4v) is 1.66. The highest BCUT2D eigenvalue weighted by Crippen LogP contribution is 2.29. The molecular weight excluding hydrogens is 248 g/mol. The average Bonchev–Trinajstić information content (AvgIpc) is 2.82. The number of hydrogen-bond donors (Lipinski definition) is 5. The van der Waals surface area contributed by atoms with Gasteiger partial charge in [0.2, 0.25) is 5.69 Å². The highest BCUT2D eigenvalue weighted by Gasteiger charge is 2.44. The molecule has 1 aliphatic heterocycles. The van der Waals surface area contributed by atoms with Gasteiger partial charge in [0, 0.05) is 0 Å². The van der Waals surface area contributed by atoms with E-state index >= 15 is 0 Å². The first kappa shape index (κ1) is 12.7. The van der Waals surface area contributed by atoms with Gasteiger partial charge in [0.25, 0.3) is 11.8 Å². The number of carbonyl (C=O) groups is 1. The highest BCUT2D eigenvalue weighted by atomic mass is 16.6. The van der Waals surface area contributed by atoms with Crippen LogP contribution in [-0.4, -0.2) is 66.2 Å². The molecule has 1 aromatic rings. The van der Waals surface area contributed by atoms with Crippen molar-refractivity contribution in [3.8, 4) is 5.88 Å². The van der Waals surface area contributed by atoms with Gasteiger partial charge in [-0.25, -0.2) is 0 Å². The molecule has 1 saturated heterocycles. The maximum Gasteiger partial charge on any atom is 0.274 e. The molecule has 10 heteroatoms. The minimum Gasteiger partial charge on any atom is -0.490 e. The van der Waals surface area contributed by atoms with Gasteiger partial charge in [0.15, 0.2) is 6.23 Å². The van der Waals surface area contributed by atoms with Gasteiger partial charge in [0.1, 0.15) is 18.3 Å². The molecular formula is C8H12N4O6. The third kappa shape index (κ3) is 1.90. The predicted molar refractivity (Wildman–Crippen MR) is 53.2 cm³/mol. The summed E-state index contributed by atoms with van der Waals surface area (Å²) >= 11 is 0. The van der Waals surface area contributed by atoms with Gasteiger partial charge in [-0.1, -0.05) is 0 Å². The van der Waals surface area contributed by atoms with E-state index in [-0.39, 0.29) is 0 Å². The van der Waals surface area contributed by atoms with Crippen molar-refractivity contribution in [1.29, 1.82) is 0 Å². The van der Waals surface area contributed by atoms with Crippen LogP contribution in [-0.2, 0) is 4.74 Å². The van der Waals surface area contributed by atoms with Crippen LogP contribution in [0.15, 0.2) is 0 Å². The summed E-state index contributed by atoms with van der Waals surface area (Å²) in [7, 11) is 0. The van der Waals surface area contributed by atoms with E-state index in [1.807, 2.05) is 0 Å². The van der Waals surface area contributed by atoms with Crippen molar-refractivity contribution in [2.75, 3.05) is 6.61 Å². The zero-order valence-electron chi connectivity index (χ0n) is 9.04. The lowest BCUT2D eigenvalue weighted by Gasteiger charge is -2.12. The molecule has 4 atom stereocenters. The van der Waals surface area contributed by atoms with Crippen molar-refractivity contribution in [3.05, 3.63) is 5.69 Å². The number of hydrogen-bond acceptors (Lipinski definition) is 8. The monoisotopic (exact) mass is 260 g/mol. The number of aromatic hydroxyl groups is 1. The number of carbonyl (C=O) groups excluding carboxylic acids is 1. The molecule has 1 aliphatic rings. The van der Waals surface area contributed by atoms with Crippen LogP contribution in [0, 0.1) is 0 Å². The molecule has 0 saturated carbocycles. The molecule has 0 bridgehead atoms. The number of primary amides is 1. The van der Waals surface area contributed by atoms with Crippen LogP contribution in [0.5, 0.6) is 5.88 Å². The van der Waals surface area contributed by atoms with E-state index < -0.39 is 48.6 Å². The fourth-order valence-electron chi connectivity index (χ4n) is 1.66. The van der Waals surface area contributed by atoms with Crippen molar-refractivity contribution in [1.82, 2.24) is 15.0 Å². The molecule has 0 aromatic carbocycles. The van der Waals surface area contributed by atoms with E-state index in [0.29, 0.717) is 0 Å². The molecule has 0 radical (unpaired) electrons. The van der Waals surface area contributed by atoms with Crippen LogP contribution in [0.25, 0.3) is 0 Å². The summed E-state index contributed by atoms with van der Waals surface area (Å²) in [6.45, 7) is -0.509. The van der Waals surface area contributed by atoms with Gasteiger partial charge in [-0.3, -0.25) is 4.79 Å².